The number of benzene rings is 17. The fraction of sp³-hybridized carbons (Fsp3) is 0.0256. The van der Waals surface area contributed by atoms with E-state index in [2.05, 4.69) is 440 Å². The van der Waals surface area contributed by atoms with Crippen LogP contribution in [0.3, 0.4) is 0 Å². The van der Waals surface area contributed by atoms with Crippen LogP contribution in [-0.2, 0) is 17.0 Å². The largest absolute Gasteiger partial charge is 0.456 e. The van der Waals surface area contributed by atoms with E-state index in [4.69, 9.17) is 18.9 Å². The van der Waals surface area contributed by atoms with E-state index in [-0.39, 0.29) is 0 Å². The van der Waals surface area contributed by atoms with Crippen LogP contribution in [0, 0.1) is 0 Å². The van der Waals surface area contributed by atoms with Crippen molar-refractivity contribution in [2.75, 3.05) is 0 Å². The predicted octanol–water partition coefficient (Wildman–Crippen LogP) is 23.2. The Hall–Kier alpha value is -17.8. The molecule has 0 bridgehead atoms. The van der Waals surface area contributed by atoms with Gasteiger partial charge in [0.05, 0.1) is 59.1 Å². The van der Waals surface area contributed by atoms with E-state index < -0.39 is 17.0 Å². The molecule has 25 aromatic rings. The zero-order valence-electron chi connectivity index (χ0n) is 70.4. The molecule has 17 aromatic carbocycles. The lowest BCUT2D eigenvalue weighted by molar-refractivity contribution is -0.997. The van der Waals surface area contributed by atoms with Crippen molar-refractivity contribution in [3.05, 3.63) is 453 Å². The van der Waals surface area contributed by atoms with Gasteiger partial charge in [0.1, 0.15) is 73.7 Å². The van der Waals surface area contributed by atoms with E-state index in [1.807, 2.05) is 30.3 Å². The van der Waals surface area contributed by atoms with E-state index in [0.29, 0.717) is 0 Å². The highest BCUT2D eigenvalue weighted by Crippen LogP contribution is 2.60. The van der Waals surface area contributed by atoms with Crippen LogP contribution in [0.5, 0.6) is 46.1 Å². The van der Waals surface area contributed by atoms with Crippen molar-refractivity contribution in [3.63, 3.8) is 0 Å². The summed E-state index contributed by atoms with van der Waals surface area (Å²) in [5, 5.41) is 20.1. The molecule has 15 nitrogen and oxygen atoms in total. The van der Waals surface area contributed by atoms with Gasteiger partial charge < -0.3 is 18.9 Å². The van der Waals surface area contributed by atoms with E-state index >= 15 is 0 Å². The summed E-state index contributed by atoms with van der Waals surface area (Å²) in [6.07, 6.45) is 20.5. The van der Waals surface area contributed by atoms with Crippen molar-refractivity contribution in [1.29, 1.82) is 0 Å². The van der Waals surface area contributed by atoms with Gasteiger partial charge in [-0.2, -0.15) is 18.3 Å². The molecule has 0 radical (unpaired) electrons. The van der Waals surface area contributed by atoms with Gasteiger partial charge >= 0.3 is 28.5 Å². The fourth-order valence-corrected chi connectivity index (χ4v) is 24.9. The first-order chi connectivity index (χ1) is 65.5. The van der Waals surface area contributed by atoms with Crippen molar-refractivity contribution in [3.8, 4) is 108 Å². The molecular formula is C117H69N11O4+6. The van der Waals surface area contributed by atoms with E-state index in [1.54, 1.807) is 0 Å². The van der Waals surface area contributed by atoms with Gasteiger partial charge in [-0.1, -0.05) is 220 Å². The highest BCUT2D eigenvalue weighted by Gasteiger charge is 2.73. The van der Waals surface area contributed by atoms with Crippen LogP contribution in [0.1, 0.15) is 33.4 Å². The summed E-state index contributed by atoms with van der Waals surface area (Å²) in [6, 6.07) is 130. The highest BCUT2D eigenvalue weighted by molar-refractivity contribution is 6.17. The maximum Gasteiger partial charge on any atom is 0.452 e. The summed E-state index contributed by atoms with van der Waals surface area (Å²) in [7, 11) is 0. The summed E-state index contributed by atoms with van der Waals surface area (Å²) in [5.41, 5.74) is 21.1. The molecule has 0 N–H and O–H groups in total. The van der Waals surface area contributed by atoms with Gasteiger partial charge in [-0.25, -0.2) is 0 Å². The minimum absolute atomic E-state index is 0.690. The van der Waals surface area contributed by atoms with E-state index in [0.717, 1.165) is 96.9 Å². The maximum atomic E-state index is 6.81. The Morgan fingerprint density at radius 1 is 0.227 bits per heavy atom. The molecule has 0 amide bonds. The Morgan fingerprint density at radius 2 is 0.583 bits per heavy atom. The first-order valence-corrected chi connectivity index (χ1v) is 45.1. The number of fused-ring (bicyclic) bond motifs is 25. The smallest absolute Gasteiger partial charge is 0.452 e. The molecule has 9 aliphatic rings. The number of nitrogens with zero attached hydrogens (tertiary/aromatic N) is 11. The van der Waals surface area contributed by atoms with Crippen molar-refractivity contribution in [2.45, 2.75) is 17.0 Å². The Balaban J connectivity index is 0.0000000918. The van der Waals surface area contributed by atoms with Gasteiger partial charge in [-0.15, -0.1) is 14.0 Å². The lowest BCUT2D eigenvalue weighted by atomic mass is 9.84. The Kier molecular flexibility index (Phi) is 12.9. The average molecular weight is 1690 g/mol. The summed E-state index contributed by atoms with van der Waals surface area (Å²) in [4.78, 5) is 0. The van der Waals surface area contributed by atoms with Gasteiger partial charge in [-0.05, 0) is 226 Å². The minimum atomic E-state index is -0.699. The number of pyridine rings is 3. The molecule has 3 unspecified atom stereocenters. The van der Waals surface area contributed by atoms with Crippen LogP contribution in [-0.4, -0.2) is 23.2 Å². The fourth-order valence-electron chi connectivity index (χ4n) is 24.9. The number of ether oxygens (including phenoxy) is 4. The topological polar surface area (TPSA) is 84.9 Å². The molecule has 15 heteroatoms. The van der Waals surface area contributed by atoms with Crippen molar-refractivity contribution >= 4 is 108 Å². The molecular weight excluding hydrogens is 1620 g/mol. The van der Waals surface area contributed by atoms with Crippen molar-refractivity contribution in [1.82, 2.24) is 23.2 Å². The molecule has 0 saturated carbocycles. The molecule has 132 heavy (non-hydrogen) atoms. The molecule has 0 fully saturated rings. The Morgan fingerprint density at radius 3 is 1.09 bits per heavy atom. The van der Waals surface area contributed by atoms with Crippen LogP contribution in [0.2, 0.25) is 0 Å². The lowest BCUT2D eigenvalue weighted by Crippen LogP contribution is -2.76. The Bertz CT molecular complexity index is 9490. The van der Waals surface area contributed by atoms with E-state index in [1.165, 1.54) is 153 Å². The summed E-state index contributed by atoms with van der Waals surface area (Å²) in [5.74, 6) is 7.96. The number of rotatable bonds is 3. The van der Waals surface area contributed by atoms with Gasteiger partial charge in [-0.3, -0.25) is 0 Å². The second kappa shape index (κ2) is 24.5. The number of aromatic nitrogens is 11. The second-order valence-corrected chi connectivity index (χ2v) is 35.9. The van der Waals surface area contributed by atoms with Crippen LogP contribution < -0.4 is 46.7 Å². The molecule has 610 valence electrons. The third-order valence-electron chi connectivity index (χ3n) is 29.8. The maximum absolute atomic E-state index is 6.81. The van der Waals surface area contributed by atoms with Gasteiger partial charge in [0.15, 0.2) is 45.4 Å². The minimum Gasteiger partial charge on any atom is -0.456 e. The third kappa shape index (κ3) is 8.28. The van der Waals surface area contributed by atoms with Gasteiger partial charge in [0.2, 0.25) is 18.6 Å². The molecule has 34 rings (SSSR count). The molecule has 0 aliphatic carbocycles. The van der Waals surface area contributed by atoms with Crippen LogP contribution >= 0.6 is 0 Å². The monoisotopic (exact) mass is 1690 g/mol. The van der Waals surface area contributed by atoms with Crippen LogP contribution in [0.4, 0.5) is 0 Å². The zero-order valence-corrected chi connectivity index (χ0v) is 70.4. The molecule has 9 aliphatic heterocycles. The van der Waals surface area contributed by atoms with Crippen LogP contribution in [0.15, 0.2) is 420 Å². The number of hydrogen-bond donors (Lipinski definition) is 0. The SMILES string of the molecule is c1cc2c3c(c1)-n1c4ccccc4c4ccc[n+](c41)C31c3c(cccc3-n3cc(-c4cc5ccccc5c5ccccc45)c[n+]31)O2.c1cc2c3c(c1)-n1cc(-c4cc5ccccc5c5ccccc45)c[n+]1C31c3c(ccc4c5ccccc5n(c34)-c3cccc[n+]31)O2.c1cc2c3c(c1)Oc1cccc[n+]1C31c3c(cccc3-n3cc(-c4cc5ccccc5c5ccccc45)c[n+]31)O2. The normalized spacial score (nSPS) is 16.7. The first kappa shape index (κ1) is 69.4. The Labute approximate surface area is 751 Å². The van der Waals surface area contributed by atoms with Crippen LogP contribution in [0.25, 0.3) is 170 Å². The van der Waals surface area contributed by atoms with Crippen molar-refractivity contribution < 1.29 is 46.7 Å². The summed E-state index contributed by atoms with van der Waals surface area (Å²) < 4.78 is 52.9. The molecule has 17 heterocycles. The number of hydrogen-bond acceptors (Lipinski definition) is 4. The third-order valence-corrected chi connectivity index (χ3v) is 29.8. The van der Waals surface area contributed by atoms with Crippen molar-refractivity contribution in [2.24, 2.45) is 0 Å². The molecule has 8 aromatic heterocycles. The standard InChI is InChI=1S/2C41H24N4O.C35H21N3O2/c1-2-11-27-25(10-1)22-32(29-13-4-3-12-28(27)29)26-23-43-34-17-7-19-36-38(34)41(44(43)24-26)39-35(18-8-20-37(39)46-36)45-33-16-6-5-14-30(33)31-15-9-21-42(41)40(31)45;1-2-11-27-25(10-1)22-32(29-13-4-3-12-28(27)29)26-23-43-34-16-9-17-35-38(34)41(44(43)24-26)39-36(46-35)20-19-31-30-14-5-6-15-33(30)45(40(31)39)37-18-7-8-21-42(37)41;1-2-10-24-22(9-1)19-27(26-12-4-3-11-25(24)26)23-20-37-28-13-7-14-29-33(28)35(38(37)21-23)34-30(39-29)15-8-16-31(34)40-32-17-5-6-18-36(32)35/h2*1-24H;1-21H/q3*+2. The van der Waals surface area contributed by atoms with E-state index in [9.17, 15) is 0 Å². The summed E-state index contributed by atoms with van der Waals surface area (Å²) >= 11 is 0. The predicted molar refractivity (Wildman–Crippen MR) is 509 cm³/mol. The quantitative estimate of drug-likeness (QED) is 0.130. The number of para-hydroxylation sites is 2. The first-order valence-electron chi connectivity index (χ1n) is 45.1. The zero-order chi connectivity index (χ0) is 85.5. The molecule has 3 atom stereocenters. The molecule has 0 saturated heterocycles. The van der Waals surface area contributed by atoms with Gasteiger partial charge in [0.25, 0.3) is 5.82 Å². The van der Waals surface area contributed by atoms with Gasteiger partial charge in [0, 0.05) is 28.3 Å². The molecule has 3 spiro atoms. The summed E-state index contributed by atoms with van der Waals surface area (Å²) in [6.45, 7) is 0. The second-order valence-electron chi connectivity index (χ2n) is 35.9. The highest BCUT2D eigenvalue weighted by atomic mass is 16.5. The lowest BCUT2D eigenvalue weighted by Gasteiger charge is -2.32. The average Bonchev–Trinajstić information content (AvgIpc) is 1.51.